The van der Waals surface area contributed by atoms with Crippen LogP contribution in [0.5, 0.6) is 5.75 Å². The van der Waals surface area contributed by atoms with Gasteiger partial charge in [-0.25, -0.2) is 0 Å². The van der Waals surface area contributed by atoms with Gasteiger partial charge in [-0.1, -0.05) is 35.9 Å². The van der Waals surface area contributed by atoms with E-state index in [0.717, 1.165) is 35.9 Å². The molecule has 1 aliphatic heterocycles. The number of rotatable bonds is 2. The first-order chi connectivity index (χ1) is 12.7. The number of hydrogen-bond donors (Lipinski definition) is 1. The number of nitrogens with one attached hydrogen (secondary N) is 1. The lowest BCUT2D eigenvalue weighted by atomic mass is 9.87. The van der Waals surface area contributed by atoms with Crippen LogP contribution < -0.4 is 10.1 Å². The van der Waals surface area contributed by atoms with E-state index in [1.165, 1.54) is 11.1 Å². The first-order valence-electron chi connectivity index (χ1n) is 9.05. The number of aryl methyl sites for hydroxylation is 1. The highest BCUT2D eigenvalue weighted by Gasteiger charge is 2.26. The summed E-state index contributed by atoms with van der Waals surface area (Å²) in [6, 6.07) is 14.0. The molecule has 1 atom stereocenters. The molecule has 132 valence electrons. The summed E-state index contributed by atoms with van der Waals surface area (Å²) in [4.78, 5) is 13.1. The van der Waals surface area contributed by atoms with Gasteiger partial charge in [0.2, 0.25) is 0 Å². The fraction of sp³-hybridized carbons (Fsp3) is 0.286. The molecule has 1 aromatic heterocycles. The normalized spacial score (nSPS) is 18.3. The van der Waals surface area contributed by atoms with Gasteiger partial charge in [-0.05, 0) is 48.6 Å². The molecule has 1 N–H and O–H groups in total. The summed E-state index contributed by atoms with van der Waals surface area (Å²) in [7, 11) is 0. The van der Waals surface area contributed by atoms with Crippen molar-refractivity contribution in [3.05, 3.63) is 64.3 Å². The molecule has 0 unspecified atom stereocenters. The van der Waals surface area contributed by atoms with Crippen LogP contribution in [0.25, 0.3) is 10.9 Å². The lowest BCUT2D eigenvalue weighted by molar-refractivity contribution is 0.0922. The molecule has 0 radical (unpaired) electrons. The zero-order chi connectivity index (χ0) is 17.7. The van der Waals surface area contributed by atoms with Crippen molar-refractivity contribution >= 4 is 28.4 Å². The van der Waals surface area contributed by atoms with Crippen LogP contribution in [0.15, 0.2) is 42.5 Å². The Morgan fingerprint density at radius 2 is 2.12 bits per heavy atom. The van der Waals surface area contributed by atoms with Gasteiger partial charge in [-0.2, -0.15) is 0 Å². The molecule has 5 heteroatoms. The maximum absolute atomic E-state index is 13.1. The van der Waals surface area contributed by atoms with Crippen LogP contribution in [0.3, 0.4) is 0 Å². The zero-order valence-corrected chi connectivity index (χ0v) is 15.1. The van der Waals surface area contributed by atoms with Crippen molar-refractivity contribution < 1.29 is 9.53 Å². The topological polar surface area (TPSA) is 43.3 Å². The van der Waals surface area contributed by atoms with Crippen LogP contribution in [0, 0.1) is 0 Å². The van der Waals surface area contributed by atoms with Gasteiger partial charge in [0.05, 0.1) is 23.1 Å². The quantitative estimate of drug-likeness (QED) is 0.726. The molecule has 0 bridgehead atoms. The Hall–Kier alpha value is -2.46. The molecule has 1 aliphatic carbocycles. The second-order valence-electron chi connectivity index (χ2n) is 6.95. The highest BCUT2D eigenvalue weighted by molar-refractivity contribution is 6.36. The van der Waals surface area contributed by atoms with E-state index in [-0.39, 0.29) is 11.9 Å². The van der Waals surface area contributed by atoms with Crippen LogP contribution in [-0.4, -0.2) is 17.1 Å². The third kappa shape index (κ3) is 2.40. The molecule has 26 heavy (non-hydrogen) atoms. The van der Waals surface area contributed by atoms with E-state index in [1.54, 1.807) is 0 Å². The molecular weight excluding hydrogens is 348 g/mol. The van der Waals surface area contributed by atoms with Gasteiger partial charge in [0.1, 0.15) is 18.1 Å². The Bertz CT molecular complexity index is 1020. The van der Waals surface area contributed by atoms with E-state index in [4.69, 9.17) is 16.3 Å². The Labute approximate surface area is 156 Å². The van der Waals surface area contributed by atoms with E-state index >= 15 is 0 Å². The smallest absolute Gasteiger partial charge is 0.268 e. The molecule has 2 heterocycles. The number of nitrogens with zero attached hydrogens (tertiary/aromatic N) is 1. The second kappa shape index (κ2) is 6.06. The number of carbonyl (C=O) groups excluding carboxylic acids is 1. The van der Waals surface area contributed by atoms with Crippen LogP contribution in [0.2, 0.25) is 5.02 Å². The standard InChI is InChI=1S/C21H19ClN2O2/c22-16-8-9-19-20-15(16)12-18(24(20)10-11-26-19)21(25)23-17-7-3-5-13-4-1-2-6-14(13)17/h1-2,4,6,8-9,12,17H,3,5,7,10-11H2,(H,23,25)/t17-/m0/s1. The third-order valence-corrected chi connectivity index (χ3v) is 5.78. The highest BCUT2D eigenvalue weighted by atomic mass is 35.5. The number of halogens is 1. The van der Waals surface area contributed by atoms with Crippen molar-refractivity contribution in [1.82, 2.24) is 9.88 Å². The summed E-state index contributed by atoms with van der Waals surface area (Å²) in [6.45, 7) is 1.21. The Morgan fingerprint density at radius 1 is 1.23 bits per heavy atom. The molecule has 0 saturated heterocycles. The van der Waals surface area contributed by atoms with Crippen LogP contribution in [0.4, 0.5) is 0 Å². The number of fused-ring (bicyclic) bond motifs is 1. The minimum absolute atomic E-state index is 0.0492. The largest absolute Gasteiger partial charge is 0.490 e. The zero-order valence-electron chi connectivity index (χ0n) is 14.3. The summed E-state index contributed by atoms with van der Waals surface area (Å²) >= 11 is 6.36. The minimum atomic E-state index is -0.0492. The van der Waals surface area contributed by atoms with Gasteiger partial charge in [0, 0.05) is 5.39 Å². The Kier molecular flexibility index (Phi) is 3.68. The molecule has 5 rings (SSSR count). The van der Waals surface area contributed by atoms with Crippen LogP contribution in [0.1, 0.15) is 40.5 Å². The number of amides is 1. The number of aromatic nitrogens is 1. The van der Waals surface area contributed by atoms with Crippen LogP contribution in [-0.2, 0) is 13.0 Å². The highest BCUT2D eigenvalue weighted by Crippen LogP contribution is 2.37. The fourth-order valence-electron chi connectivity index (χ4n) is 4.23. The average molecular weight is 367 g/mol. The minimum Gasteiger partial charge on any atom is -0.490 e. The predicted octanol–water partition coefficient (Wildman–Crippen LogP) is 4.49. The molecule has 0 fully saturated rings. The monoisotopic (exact) mass is 366 g/mol. The molecule has 0 saturated carbocycles. The summed E-state index contributed by atoms with van der Waals surface area (Å²) in [5.41, 5.74) is 4.15. The SMILES string of the molecule is O=C(N[C@H]1CCCc2ccccc21)c1cc2c(Cl)ccc3c2n1CCO3. The van der Waals surface area contributed by atoms with Gasteiger partial charge >= 0.3 is 0 Å². The van der Waals surface area contributed by atoms with Crippen molar-refractivity contribution in [3.63, 3.8) is 0 Å². The van der Waals surface area contributed by atoms with Crippen molar-refractivity contribution in [1.29, 1.82) is 0 Å². The predicted molar refractivity (Wildman–Crippen MR) is 102 cm³/mol. The van der Waals surface area contributed by atoms with E-state index in [9.17, 15) is 4.79 Å². The molecular formula is C21H19ClN2O2. The summed E-state index contributed by atoms with van der Waals surface area (Å²) < 4.78 is 7.76. The number of hydrogen-bond acceptors (Lipinski definition) is 2. The Balaban J connectivity index is 1.53. The maximum Gasteiger partial charge on any atom is 0.268 e. The molecule has 0 spiro atoms. The average Bonchev–Trinajstić information content (AvgIpc) is 3.07. The van der Waals surface area contributed by atoms with E-state index in [2.05, 4.69) is 23.5 Å². The number of ether oxygens (including phenoxy) is 1. The van der Waals surface area contributed by atoms with Gasteiger partial charge in [0.25, 0.3) is 5.91 Å². The van der Waals surface area contributed by atoms with Crippen molar-refractivity contribution in [3.8, 4) is 5.75 Å². The van der Waals surface area contributed by atoms with Crippen molar-refractivity contribution in [2.45, 2.75) is 31.8 Å². The van der Waals surface area contributed by atoms with Gasteiger partial charge in [-0.15, -0.1) is 0 Å². The van der Waals surface area contributed by atoms with Crippen molar-refractivity contribution in [2.75, 3.05) is 6.61 Å². The first-order valence-corrected chi connectivity index (χ1v) is 9.43. The molecule has 2 aliphatic rings. The lowest BCUT2D eigenvalue weighted by Crippen LogP contribution is -2.33. The molecule has 1 amide bonds. The van der Waals surface area contributed by atoms with Gasteiger partial charge < -0.3 is 14.6 Å². The first kappa shape index (κ1) is 15.8. The summed E-state index contributed by atoms with van der Waals surface area (Å²) in [5.74, 6) is 0.740. The van der Waals surface area contributed by atoms with Crippen LogP contribution >= 0.6 is 11.6 Å². The molecule has 3 aromatic rings. The molecule has 2 aromatic carbocycles. The number of benzene rings is 2. The summed E-state index contributed by atoms with van der Waals surface area (Å²) in [6.07, 6.45) is 3.14. The lowest BCUT2D eigenvalue weighted by Gasteiger charge is -2.27. The van der Waals surface area contributed by atoms with Gasteiger partial charge in [-0.3, -0.25) is 4.79 Å². The van der Waals surface area contributed by atoms with E-state index < -0.39 is 0 Å². The second-order valence-corrected chi connectivity index (χ2v) is 7.36. The summed E-state index contributed by atoms with van der Waals surface area (Å²) in [5, 5.41) is 4.76. The third-order valence-electron chi connectivity index (χ3n) is 5.45. The molecule has 4 nitrogen and oxygen atoms in total. The van der Waals surface area contributed by atoms with E-state index in [0.29, 0.717) is 23.9 Å². The van der Waals surface area contributed by atoms with Crippen molar-refractivity contribution in [2.24, 2.45) is 0 Å². The maximum atomic E-state index is 13.1. The number of carbonyl (C=O) groups is 1. The van der Waals surface area contributed by atoms with Gasteiger partial charge in [0.15, 0.2) is 0 Å². The fourth-order valence-corrected chi connectivity index (χ4v) is 4.44. The van der Waals surface area contributed by atoms with E-state index in [1.807, 2.05) is 28.8 Å². The Morgan fingerprint density at radius 3 is 3.04 bits per heavy atom.